The molecule has 7 nitrogen and oxygen atoms in total. The minimum atomic E-state index is -1.26. The van der Waals surface area contributed by atoms with Gasteiger partial charge in [-0.1, -0.05) is 12.1 Å². The molecule has 1 aliphatic heterocycles. The molecule has 1 aliphatic rings. The van der Waals surface area contributed by atoms with Gasteiger partial charge in [-0.05, 0) is 30.5 Å². The lowest BCUT2D eigenvalue weighted by atomic mass is 9.89. The Balaban J connectivity index is 2.07. The number of phenols is 1. The predicted octanol–water partition coefficient (Wildman–Crippen LogP) is -0.689. The highest BCUT2D eigenvalue weighted by Gasteiger charge is 2.44. The van der Waals surface area contributed by atoms with Crippen molar-refractivity contribution in [3.8, 4) is 5.75 Å². The Morgan fingerprint density at radius 2 is 1.83 bits per heavy atom. The molecule has 1 fully saturated rings. The molecule has 128 valence electrons. The van der Waals surface area contributed by atoms with E-state index in [0.29, 0.717) is 12.8 Å². The number of benzene rings is 1. The zero-order chi connectivity index (χ0) is 17.0. The van der Waals surface area contributed by atoms with Gasteiger partial charge in [0.25, 0.3) is 0 Å². The van der Waals surface area contributed by atoms with Crippen molar-refractivity contribution >= 4 is 5.91 Å². The van der Waals surface area contributed by atoms with E-state index in [2.05, 4.69) is 5.32 Å². The summed E-state index contributed by atoms with van der Waals surface area (Å²) in [6, 6.07) is 5.97. The number of aryl methyl sites for hydroxylation is 1. The summed E-state index contributed by atoms with van der Waals surface area (Å²) >= 11 is 0. The molecule has 23 heavy (non-hydrogen) atoms. The molecule has 7 heteroatoms. The maximum Gasteiger partial charge on any atom is 0.217 e. The molecule has 2 rings (SSSR count). The average Bonchev–Trinajstić information content (AvgIpc) is 2.52. The molecular weight excluding hydrogens is 302 g/mol. The Hall–Kier alpha value is -1.67. The van der Waals surface area contributed by atoms with Crippen LogP contribution < -0.4 is 5.32 Å². The molecule has 5 N–H and O–H groups in total. The Labute approximate surface area is 134 Å². The van der Waals surface area contributed by atoms with Crippen LogP contribution in [-0.4, -0.2) is 63.4 Å². The lowest BCUT2D eigenvalue weighted by molar-refractivity contribution is -0.196. The molecule has 1 amide bonds. The van der Waals surface area contributed by atoms with Gasteiger partial charge in [0.05, 0.1) is 18.8 Å². The van der Waals surface area contributed by atoms with Gasteiger partial charge in [0.15, 0.2) is 0 Å². The fourth-order valence-corrected chi connectivity index (χ4v) is 2.83. The van der Waals surface area contributed by atoms with E-state index in [9.17, 15) is 25.2 Å². The van der Waals surface area contributed by atoms with E-state index in [4.69, 9.17) is 4.74 Å². The van der Waals surface area contributed by atoms with Gasteiger partial charge in [-0.3, -0.25) is 4.79 Å². The third-order valence-corrected chi connectivity index (χ3v) is 4.05. The van der Waals surface area contributed by atoms with Crippen molar-refractivity contribution in [3.05, 3.63) is 29.8 Å². The molecule has 1 heterocycles. The fraction of sp³-hybridized carbons (Fsp3) is 0.562. The molecule has 0 bridgehead atoms. The van der Waals surface area contributed by atoms with Gasteiger partial charge in [0, 0.05) is 6.92 Å². The van der Waals surface area contributed by atoms with E-state index in [1.165, 1.54) is 6.92 Å². The largest absolute Gasteiger partial charge is 0.508 e. The maximum absolute atomic E-state index is 11.3. The number of rotatable bonds is 5. The highest BCUT2D eigenvalue weighted by molar-refractivity contribution is 5.73. The third-order valence-electron chi connectivity index (χ3n) is 4.05. The van der Waals surface area contributed by atoms with Crippen LogP contribution in [0.5, 0.6) is 5.75 Å². The van der Waals surface area contributed by atoms with Crippen molar-refractivity contribution < 1.29 is 30.0 Å². The van der Waals surface area contributed by atoms with Crippen molar-refractivity contribution in [3.63, 3.8) is 0 Å². The predicted molar refractivity (Wildman–Crippen MR) is 81.8 cm³/mol. The fourth-order valence-electron chi connectivity index (χ4n) is 2.83. The number of ether oxygens (including phenoxy) is 1. The van der Waals surface area contributed by atoms with E-state index in [0.717, 1.165) is 5.56 Å². The molecule has 0 saturated carbocycles. The van der Waals surface area contributed by atoms with Crippen LogP contribution in [-0.2, 0) is 16.0 Å². The molecule has 1 aromatic rings. The van der Waals surface area contributed by atoms with E-state index in [1.54, 1.807) is 24.3 Å². The SMILES string of the molecule is CC(=O)N[C@@H]1[C@@H](O)[C@H](O)[C@@H](CO)O[C@H]1CCc1ccc(O)cc1. The van der Waals surface area contributed by atoms with Gasteiger partial charge in [-0.2, -0.15) is 0 Å². The number of hydrogen-bond donors (Lipinski definition) is 5. The van der Waals surface area contributed by atoms with Gasteiger partial charge < -0.3 is 30.5 Å². The minimum absolute atomic E-state index is 0.178. The van der Waals surface area contributed by atoms with E-state index < -0.39 is 37.1 Å². The first kappa shape index (κ1) is 17.7. The van der Waals surface area contributed by atoms with Crippen LogP contribution in [0.4, 0.5) is 0 Å². The van der Waals surface area contributed by atoms with E-state index in [-0.39, 0.29) is 11.7 Å². The van der Waals surface area contributed by atoms with Crippen LogP contribution in [0, 0.1) is 0 Å². The summed E-state index contributed by atoms with van der Waals surface area (Å²) in [5.74, 6) is -0.153. The molecule has 0 aromatic heterocycles. The molecule has 0 unspecified atom stereocenters. The van der Waals surface area contributed by atoms with Crippen molar-refractivity contribution in [1.29, 1.82) is 0 Å². The van der Waals surface area contributed by atoms with Crippen LogP contribution in [0.1, 0.15) is 18.9 Å². The molecule has 0 aliphatic carbocycles. The number of carbonyl (C=O) groups is 1. The molecule has 1 aromatic carbocycles. The smallest absolute Gasteiger partial charge is 0.217 e. The van der Waals surface area contributed by atoms with Crippen molar-refractivity contribution in [1.82, 2.24) is 5.32 Å². The van der Waals surface area contributed by atoms with Crippen LogP contribution in [0.3, 0.4) is 0 Å². The quantitative estimate of drug-likeness (QED) is 0.489. The summed E-state index contributed by atoms with van der Waals surface area (Å²) < 4.78 is 5.65. The van der Waals surface area contributed by atoms with Crippen molar-refractivity contribution in [2.24, 2.45) is 0 Å². The highest BCUT2D eigenvalue weighted by atomic mass is 16.5. The van der Waals surface area contributed by atoms with Gasteiger partial charge in [0.2, 0.25) is 5.91 Å². The Bertz CT molecular complexity index is 520. The normalized spacial score (nSPS) is 30.9. The Morgan fingerprint density at radius 1 is 1.17 bits per heavy atom. The first-order chi connectivity index (χ1) is 10.9. The van der Waals surface area contributed by atoms with Crippen molar-refractivity contribution in [2.45, 2.75) is 50.2 Å². The van der Waals surface area contributed by atoms with Gasteiger partial charge in [0.1, 0.15) is 24.1 Å². The average molecular weight is 325 g/mol. The van der Waals surface area contributed by atoms with Gasteiger partial charge >= 0.3 is 0 Å². The zero-order valence-electron chi connectivity index (χ0n) is 12.9. The third kappa shape index (κ3) is 4.42. The lowest BCUT2D eigenvalue weighted by Crippen LogP contribution is -2.64. The second-order valence-electron chi connectivity index (χ2n) is 5.81. The zero-order valence-corrected chi connectivity index (χ0v) is 12.9. The molecule has 0 radical (unpaired) electrons. The highest BCUT2D eigenvalue weighted by Crippen LogP contribution is 2.25. The topological polar surface area (TPSA) is 119 Å². The first-order valence-electron chi connectivity index (χ1n) is 7.60. The van der Waals surface area contributed by atoms with Gasteiger partial charge in [-0.15, -0.1) is 0 Å². The van der Waals surface area contributed by atoms with Gasteiger partial charge in [-0.25, -0.2) is 0 Å². The maximum atomic E-state index is 11.3. The van der Waals surface area contributed by atoms with E-state index >= 15 is 0 Å². The molecule has 1 saturated heterocycles. The monoisotopic (exact) mass is 325 g/mol. The van der Waals surface area contributed by atoms with Crippen LogP contribution >= 0.6 is 0 Å². The summed E-state index contributed by atoms with van der Waals surface area (Å²) in [6.45, 7) is 0.912. The number of carbonyl (C=O) groups excluding carboxylic acids is 1. The lowest BCUT2D eigenvalue weighted by Gasteiger charge is -2.42. The summed E-state index contributed by atoms with van der Waals surface area (Å²) in [7, 11) is 0. The summed E-state index contributed by atoms with van der Waals surface area (Å²) in [5, 5.41) is 41.3. The Kier molecular flexibility index (Phi) is 5.95. The number of hydrogen-bond acceptors (Lipinski definition) is 6. The van der Waals surface area contributed by atoms with Crippen molar-refractivity contribution in [2.75, 3.05) is 6.61 Å². The Morgan fingerprint density at radius 3 is 2.39 bits per heavy atom. The van der Waals surface area contributed by atoms with Crippen LogP contribution in [0.15, 0.2) is 24.3 Å². The number of aromatic hydroxyl groups is 1. The van der Waals surface area contributed by atoms with Crippen LogP contribution in [0.2, 0.25) is 0 Å². The molecule has 0 spiro atoms. The second-order valence-corrected chi connectivity index (χ2v) is 5.81. The summed E-state index contributed by atoms with van der Waals surface area (Å²) in [6.07, 6.45) is -2.82. The summed E-state index contributed by atoms with van der Waals surface area (Å²) in [5.41, 5.74) is 0.967. The standard InChI is InChI=1S/C16H23NO6/c1-9(19)17-14-12(23-13(8-18)15(21)16(14)22)7-4-10-2-5-11(20)6-3-10/h2-3,5-6,12-16,18,20-22H,4,7-8H2,1H3,(H,17,19)/t12-,13+,14-,15+,16+/m0/s1. The number of nitrogens with one attached hydrogen (secondary N) is 1. The summed E-state index contributed by atoms with van der Waals surface area (Å²) in [4.78, 5) is 11.3. The minimum Gasteiger partial charge on any atom is -0.508 e. The number of amides is 1. The molecular formula is C16H23NO6. The second kappa shape index (κ2) is 7.74. The first-order valence-corrected chi connectivity index (χ1v) is 7.60. The number of aliphatic hydroxyl groups is 3. The number of phenolic OH excluding ortho intramolecular Hbond substituents is 1. The van der Waals surface area contributed by atoms with Crippen LogP contribution in [0.25, 0.3) is 0 Å². The molecule has 5 atom stereocenters. The number of aliphatic hydroxyl groups excluding tert-OH is 3. The van der Waals surface area contributed by atoms with E-state index in [1.807, 2.05) is 0 Å².